The van der Waals surface area contributed by atoms with Crippen LogP contribution in [0.1, 0.15) is 35.3 Å². The fraction of sp³-hybridized carbons (Fsp3) is 0.300. The van der Waals surface area contributed by atoms with Gasteiger partial charge in [-0.25, -0.2) is 0 Å². The maximum absolute atomic E-state index is 12.8. The van der Waals surface area contributed by atoms with E-state index in [0.29, 0.717) is 27.8 Å². The van der Waals surface area contributed by atoms with E-state index in [1.807, 2.05) is 6.26 Å². The largest absolute Gasteiger partial charge is 0.348 e. The quantitative estimate of drug-likeness (QED) is 0.411. The fourth-order valence-electron chi connectivity index (χ4n) is 2.75. The van der Waals surface area contributed by atoms with Gasteiger partial charge in [0.1, 0.15) is 6.04 Å². The molecular weight excluding hydrogens is 449 g/mol. The molecule has 0 radical (unpaired) electrons. The van der Waals surface area contributed by atoms with E-state index in [2.05, 4.69) is 10.6 Å². The van der Waals surface area contributed by atoms with E-state index in [0.717, 1.165) is 0 Å². The first kappa shape index (κ1) is 24.0. The van der Waals surface area contributed by atoms with Crippen molar-refractivity contribution in [3.8, 4) is 0 Å². The highest BCUT2D eigenvalue weighted by Gasteiger charge is 2.24. The van der Waals surface area contributed by atoms with Gasteiger partial charge in [-0.1, -0.05) is 35.3 Å². The summed E-state index contributed by atoms with van der Waals surface area (Å²) >= 11 is 13.7. The summed E-state index contributed by atoms with van der Waals surface area (Å²) in [6.07, 6.45) is 2.29. The molecule has 2 aromatic rings. The molecule has 0 bridgehead atoms. The van der Waals surface area contributed by atoms with E-state index in [9.17, 15) is 19.7 Å². The van der Waals surface area contributed by atoms with Gasteiger partial charge in [0, 0.05) is 27.7 Å². The van der Waals surface area contributed by atoms with E-state index >= 15 is 0 Å². The van der Waals surface area contributed by atoms with Gasteiger partial charge in [0.15, 0.2) is 0 Å². The molecule has 2 amide bonds. The zero-order chi connectivity index (χ0) is 22.3. The Kier molecular flexibility index (Phi) is 8.95. The number of carbonyl (C=O) groups is 2. The molecule has 0 saturated heterocycles. The first-order valence-corrected chi connectivity index (χ1v) is 11.2. The second-order valence-electron chi connectivity index (χ2n) is 6.51. The van der Waals surface area contributed by atoms with Crippen molar-refractivity contribution in [1.82, 2.24) is 10.6 Å². The number of non-ortho nitro benzene ring substituents is 1. The number of nitro groups is 1. The SMILES string of the molecule is CSCCC(NC(=O)c1cccc([N+](=O)[O-])c1)C(=O)NC(C)c1ccc(Cl)cc1Cl. The van der Waals surface area contributed by atoms with Crippen LogP contribution in [0.5, 0.6) is 0 Å². The first-order chi connectivity index (χ1) is 14.2. The minimum Gasteiger partial charge on any atom is -0.348 e. The molecule has 7 nitrogen and oxygen atoms in total. The third-order valence-corrected chi connectivity index (χ3v) is 5.55. The van der Waals surface area contributed by atoms with Crippen molar-refractivity contribution in [2.45, 2.75) is 25.4 Å². The number of nitrogens with zero attached hydrogens (tertiary/aromatic N) is 1. The standard InChI is InChI=1S/C20H21Cl2N3O4S/c1-12(16-7-6-14(21)11-17(16)22)23-20(27)18(8-9-30-2)24-19(26)13-4-3-5-15(10-13)25(28)29/h3-7,10-12,18H,8-9H2,1-2H3,(H,23,27)(H,24,26). The predicted molar refractivity (Wildman–Crippen MR) is 120 cm³/mol. The van der Waals surface area contributed by atoms with Gasteiger partial charge in [-0.05, 0) is 49.1 Å². The van der Waals surface area contributed by atoms with Gasteiger partial charge in [-0.3, -0.25) is 19.7 Å². The minimum absolute atomic E-state index is 0.111. The summed E-state index contributed by atoms with van der Waals surface area (Å²) in [6.45, 7) is 1.78. The lowest BCUT2D eigenvalue weighted by atomic mass is 10.1. The Bertz CT molecular complexity index is 942. The number of hydrogen-bond donors (Lipinski definition) is 2. The summed E-state index contributed by atoms with van der Waals surface area (Å²) in [7, 11) is 0. The van der Waals surface area contributed by atoms with Gasteiger partial charge in [-0.2, -0.15) is 11.8 Å². The van der Waals surface area contributed by atoms with Crippen LogP contribution in [0, 0.1) is 10.1 Å². The monoisotopic (exact) mass is 469 g/mol. The van der Waals surface area contributed by atoms with Gasteiger partial charge in [-0.15, -0.1) is 0 Å². The number of benzene rings is 2. The first-order valence-electron chi connectivity index (χ1n) is 9.02. The Balaban J connectivity index is 2.13. The lowest BCUT2D eigenvalue weighted by Crippen LogP contribution is -2.47. The van der Waals surface area contributed by atoms with Crippen LogP contribution in [0.4, 0.5) is 5.69 Å². The van der Waals surface area contributed by atoms with Crippen molar-refractivity contribution in [1.29, 1.82) is 0 Å². The number of rotatable bonds is 9. The van der Waals surface area contributed by atoms with Gasteiger partial charge in [0.05, 0.1) is 11.0 Å². The molecule has 0 aliphatic heterocycles. The van der Waals surface area contributed by atoms with Crippen LogP contribution in [0.3, 0.4) is 0 Å². The number of nitro benzene ring substituents is 1. The molecule has 10 heteroatoms. The Morgan fingerprint density at radius 1 is 1.17 bits per heavy atom. The van der Waals surface area contributed by atoms with Crippen LogP contribution >= 0.6 is 35.0 Å². The van der Waals surface area contributed by atoms with Gasteiger partial charge < -0.3 is 10.6 Å². The lowest BCUT2D eigenvalue weighted by molar-refractivity contribution is -0.384. The van der Waals surface area contributed by atoms with E-state index < -0.39 is 22.9 Å². The van der Waals surface area contributed by atoms with Gasteiger partial charge >= 0.3 is 0 Å². The van der Waals surface area contributed by atoms with Crippen molar-refractivity contribution in [2.24, 2.45) is 0 Å². The molecule has 0 aliphatic carbocycles. The Morgan fingerprint density at radius 3 is 2.53 bits per heavy atom. The average Bonchev–Trinajstić information content (AvgIpc) is 2.70. The van der Waals surface area contributed by atoms with Gasteiger partial charge in [0.25, 0.3) is 11.6 Å². The molecule has 2 N–H and O–H groups in total. The molecule has 2 unspecified atom stereocenters. The summed E-state index contributed by atoms with van der Waals surface area (Å²) < 4.78 is 0. The van der Waals surface area contributed by atoms with Crippen molar-refractivity contribution >= 4 is 52.5 Å². The maximum Gasteiger partial charge on any atom is 0.270 e. The van der Waals surface area contributed by atoms with Crippen molar-refractivity contribution in [2.75, 3.05) is 12.0 Å². The lowest BCUT2D eigenvalue weighted by Gasteiger charge is -2.22. The highest BCUT2D eigenvalue weighted by molar-refractivity contribution is 7.98. The molecule has 2 rings (SSSR count). The Morgan fingerprint density at radius 2 is 1.90 bits per heavy atom. The number of hydrogen-bond acceptors (Lipinski definition) is 5. The van der Waals surface area contributed by atoms with Crippen molar-refractivity contribution < 1.29 is 14.5 Å². The van der Waals surface area contributed by atoms with E-state index in [-0.39, 0.29) is 17.2 Å². The van der Waals surface area contributed by atoms with Gasteiger partial charge in [0.2, 0.25) is 5.91 Å². The molecule has 0 saturated carbocycles. The third kappa shape index (κ3) is 6.62. The van der Waals surface area contributed by atoms with Crippen LogP contribution in [-0.2, 0) is 4.79 Å². The van der Waals surface area contributed by atoms with E-state index in [1.165, 1.54) is 36.0 Å². The Hall–Kier alpha value is -2.29. The minimum atomic E-state index is -0.808. The number of halogens is 2. The second kappa shape index (κ2) is 11.2. The number of amides is 2. The van der Waals surface area contributed by atoms with Crippen LogP contribution in [-0.4, -0.2) is 34.8 Å². The molecule has 30 heavy (non-hydrogen) atoms. The third-order valence-electron chi connectivity index (χ3n) is 4.34. The molecule has 0 aliphatic rings. The average molecular weight is 470 g/mol. The number of carbonyl (C=O) groups excluding carboxylic acids is 2. The summed E-state index contributed by atoms with van der Waals surface area (Å²) in [5, 5.41) is 17.4. The molecule has 160 valence electrons. The normalized spacial score (nSPS) is 12.7. The molecule has 0 aromatic heterocycles. The predicted octanol–water partition coefficient (Wildman–Crippen LogP) is 4.63. The fourth-order valence-corrected chi connectivity index (χ4v) is 3.79. The molecule has 0 heterocycles. The molecular formula is C20H21Cl2N3O4S. The number of nitrogens with one attached hydrogen (secondary N) is 2. The summed E-state index contributed by atoms with van der Waals surface area (Å²) in [4.78, 5) is 35.8. The second-order valence-corrected chi connectivity index (χ2v) is 8.34. The summed E-state index contributed by atoms with van der Waals surface area (Å²) in [6, 6.07) is 9.15. The van der Waals surface area contributed by atoms with Crippen molar-refractivity contribution in [3.05, 3.63) is 73.8 Å². The zero-order valence-corrected chi connectivity index (χ0v) is 18.7. The van der Waals surface area contributed by atoms with Crippen LogP contribution in [0.15, 0.2) is 42.5 Å². The van der Waals surface area contributed by atoms with Crippen LogP contribution in [0.25, 0.3) is 0 Å². The number of thioether (sulfide) groups is 1. The Labute approximate surface area is 188 Å². The molecule has 2 atom stereocenters. The van der Waals surface area contributed by atoms with E-state index in [4.69, 9.17) is 23.2 Å². The maximum atomic E-state index is 12.8. The topological polar surface area (TPSA) is 101 Å². The van der Waals surface area contributed by atoms with Crippen molar-refractivity contribution in [3.63, 3.8) is 0 Å². The highest BCUT2D eigenvalue weighted by atomic mass is 35.5. The van der Waals surface area contributed by atoms with Crippen LogP contribution in [0.2, 0.25) is 10.0 Å². The zero-order valence-electron chi connectivity index (χ0n) is 16.4. The molecule has 2 aromatic carbocycles. The highest BCUT2D eigenvalue weighted by Crippen LogP contribution is 2.26. The summed E-state index contributed by atoms with van der Waals surface area (Å²) in [5.74, 6) is -0.290. The van der Waals surface area contributed by atoms with Crippen LogP contribution < -0.4 is 10.6 Å². The molecule has 0 fully saturated rings. The smallest absolute Gasteiger partial charge is 0.270 e. The van der Waals surface area contributed by atoms with E-state index in [1.54, 1.807) is 25.1 Å². The summed E-state index contributed by atoms with van der Waals surface area (Å²) in [5.41, 5.74) is 0.613. The molecule has 0 spiro atoms.